The first kappa shape index (κ1) is 98.5. The van der Waals surface area contributed by atoms with E-state index in [9.17, 15) is 43.2 Å². The summed E-state index contributed by atoms with van der Waals surface area (Å²) in [4.78, 5) is 73.0. The Balaban J connectivity index is 5.25. The van der Waals surface area contributed by atoms with Crippen LogP contribution in [0.15, 0.2) is 24.3 Å². The van der Waals surface area contributed by atoms with Crippen LogP contribution in [0, 0.1) is 11.8 Å². The van der Waals surface area contributed by atoms with Crippen molar-refractivity contribution >= 4 is 39.5 Å². The average molecular weight is 1480 g/mol. The minimum Gasteiger partial charge on any atom is -0.462 e. The fourth-order valence-electron chi connectivity index (χ4n) is 12.2. The number of aliphatic hydroxyl groups is 1. The third-order valence-electron chi connectivity index (χ3n) is 18.6. The first-order valence-corrected chi connectivity index (χ1v) is 44.8. The second-order valence-electron chi connectivity index (χ2n) is 29.8. The predicted octanol–water partition coefficient (Wildman–Crippen LogP) is 24.2. The first-order chi connectivity index (χ1) is 48.9. The van der Waals surface area contributed by atoms with Gasteiger partial charge in [0.1, 0.15) is 19.3 Å². The summed E-state index contributed by atoms with van der Waals surface area (Å²) < 4.78 is 68.7. The van der Waals surface area contributed by atoms with Gasteiger partial charge < -0.3 is 33.8 Å². The quantitative estimate of drug-likeness (QED) is 0.0169. The minimum absolute atomic E-state index is 0.102. The molecule has 0 aliphatic heterocycles. The number of ether oxygens (including phenoxy) is 4. The van der Waals surface area contributed by atoms with Crippen molar-refractivity contribution in [3.8, 4) is 0 Å². The Morgan fingerprint density at radius 3 is 0.812 bits per heavy atom. The van der Waals surface area contributed by atoms with Gasteiger partial charge in [-0.2, -0.15) is 0 Å². The van der Waals surface area contributed by atoms with Gasteiger partial charge in [0.15, 0.2) is 12.2 Å². The molecule has 17 nitrogen and oxygen atoms in total. The lowest BCUT2D eigenvalue weighted by Crippen LogP contribution is -2.30. The van der Waals surface area contributed by atoms with Crippen LogP contribution in [0.3, 0.4) is 0 Å². The van der Waals surface area contributed by atoms with Gasteiger partial charge in [-0.15, -0.1) is 0 Å². The zero-order chi connectivity index (χ0) is 74.2. The van der Waals surface area contributed by atoms with Crippen molar-refractivity contribution in [1.82, 2.24) is 0 Å². The van der Waals surface area contributed by atoms with Crippen LogP contribution in [-0.4, -0.2) is 96.7 Å². The van der Waals surface area contributed by atoms with Crippen LogP contribution in [0.4, 0.5) is 0 Å². The molecule has 0 aromatic rings. The molecule has 0 aliphatic carbocycles. The number of carbonyl (C=O) groups is 4. The number of hydrogen-bond acceptors (Lipinski definition) is 15. The van der Waals surface area contributed by atoms with Crippen molar-refractivity contribution in [3.05, 3.63) is 24.3 Å². The summed E-state index contributed by atoms with van der Waals surface area (Å²) in [5, 5.41) is 10.6. The van der Waals surface area contributed by atoms with Crippen molar-refractivity contribution in [2.75, 3.05) is 39.6 Å². The van der Waals surface area contributed by atoms with Crippen LogP contribution < -0.4 is 0 Å². The summed E-state index contributed by atoms with van der Waals surface area (Å²) in [6.07, 6.45) is 66.2. The van der Waals surface area contributed by atoms with E-state index < -0.39 is 97.5 Å². The Morgan fingerprint density at radius 1 is 0.307 bits per heavy atom. The van der Waals surface area contributed by atoms with Gasteiger partial charge in [0.2, 0.25) is 0 Å². The maximum atomic E-state index is 13.1. The molecule has 596 valence electrons. The molecule has 0 saturated carbocycles. The SMILES string of the molecule is CCCCCC/C=C\C=C/CCCCCCCC(=O)OC[C@H](COP(=O)(O)OC[C@@H](O)COP(=O)(O)OC[C@@H](COC(=O)CCCCCCCCCCCC(C)C)OC(=O)CCCCCCCCCCCC(C)C)OC(=O)CCCCCCCCCCCCCCCCCCCCCCCC. The van der Waals surface area contributed by atoms with Crippen LogP contribution >= 0.6 is 15.6 Å². The van der Waals surface area contributed by atoms with Crippen LogP contribution in [0.25, 0.3) is 0 Å². The van der Waals surface area contributed by atoms with E-state index >= 15 is 0 Å². The van der Waals surface area contributed by atoms with Crippen molar-refractivity contribution in [1.29, 1.82) is 0 Å². The van der Waals surface area contributed by atoms with Gasteiger partial charge >= 0.3 is 39.5 Å². The number of phosphoric ester groups is 2. The lowest BCUT2D eigenvalue weighted by molar-refractivity contribution is -0.161. The molecule has 0 bridgehead atoms. The fraction of sp³-hybridized carbons (Fsp3) is 0.902. The topological polar surface area (TPSA) is 237 Å². The molecule has 3 N–H and O–H groups in total. The number of unbranched alkanes of at least 4 members (excludes halogenated alkanes) is 46. The Labute approximate surface area is 618 Å². The highest BCUT2D eigenvalue weighted by Crippen LogP contribution is 2.45. The number of phosphoric acid groups is 2. The third kappa shape index (κ3) is 75.6. The molecule has 0 spiro atoms. The number of esters is 4. The van der Waals surface area contributed by atoms with E-state index in [1.807, 2.05) is 0 Å². The highest BCUT2D eigenvalue weighted by molar-refractivity contribution is 7.47. The van der Waals surface area contributed by atoms with Crippen molar-refractivity contribution in [2.45, 2.75) is 426 Å². The van der Waals surface area contributed by atoms with Gasteiger partial charge in [-0.25, -0.2) is 9.13 Å². The van der Waals surface area contributed by atoms with Gasteiger partial charge in [0.25, 0.3) is 0 Å². The maximum Gasteiger partial charge on any atom is 0.472 e. The molecule has 0 aromatic carbocycles. The molecule has 0 rings (SSSR count). The molecular weight excluding hydrogens is 1320 g/mol. The molecule has 0 aliphatic rings. The second-order valence-corrected chi connectivity index (χ2v) is 32.7. The molecule has 0 aromatic heterocycles. The summed E-state index contributed by atoms with van der Waals surface area (Å²) in [6, 6.07) is 0. The Bertz CT molecular complexity index is 2040. The number of aliphatic hydroxyl groups excluding tert-OH is 1. The summed E-state index contributed by atoms with van der Waals surface area (Å²) in [5.74, 6) is -0.664. The fourth-order valence-corrected chi connectivity index (χ4v) is 13.8. The number of hydrogen-bond donors (Lipinski definition) is 3. The monoisotopic (exact) mass is 1480 g/mol. The first-order valence-electron chi connectivity index (χ1n) is 41.8. The van der Waals surface area contributed by atoms with E-state index in [0.717, 1.165) is 121 Å². The van der Waals surface area contributed by atoms with E-state index in [1.165, 1.54) is 205 Å². The third-order valence-corrected chi connectivity index (χ3v) is 20.5. The minimum atomic E-state index is -4.97. The van der Waals surface area contributed by atoms with Crippen LogP contribution in [0.2, 0.25) is 0 Å². The molecule has 2 unspecified atom stereocenters. The van der Waals surface area contributed by atoms with Crippen LogP contribution in [0.5, 0.6) is 0 Å². The van der Waals surface area contributed by atoms with E-state index in [-0.39, 0.29) is 25.7 Å². The zero-order valence-corrected chi connectivity index (χ0v) is 67.5. The van der Waals surface area contributed by atoms with Crippen molar-refractivity contribution in [3.63, 3.8) is 0 Å². The van der Waals surface area contributed by atoms with Crippen LogP contribution in [0.1, 0.15) is 408 Å². The normalized spacial score (nSPS) is 14.0. The van der Waals surface area contributed by atoms with Gasteiger partial charge in [-0.1, -0.05) is 355 Å². The summed E-state index contributed by atoms with van der Waals surface area (Å²) in [6.45, 7) is 9.52. The second kappa shape index (κ2) is 73.1. The Kier molecular flexibility index (Phi) is 71.3. The van der Waals surface area contributed by atoms with Crippen molar-refractivity contribution in [2.24, 2.45) is 11.8 Å². The summed E-state index contributed by atoms with van der Waals surface area (Å²) >= 11 is 0. The van der Waals surface area contributed by atoms with Gasteiger partial charge in [-0.05, 0) is 63.2 Å². The molecule has 101 heavy (non-hydrogen) atoms. The predicted molar refractivity (Wildman–Crippen MR) is 414 cm³/mol. The lowest BCUT2D eigenvalue weighted by atomic mass is 10.0. The molecule has 0 radical (unpaired) electrons. The van der Waals surface area contributed by atoms with Gasteiger partial charge in [-0.3, -0.25) is 37.3 Å². The highest BCUT2D eigenvalue weighted by atomic mass is 31.2. The number of rotatable bonds is 79. The molecule has 0 fully saturated rings. The standard InChI is InChI=1S/C82H156O17P2/c1-7-9-11-13-15-17-19-21-23-24-25-26-27-28-29-31-33-35-41-48-54-60-66-81(86)98-77(70-92-79(84)64-58-52-46-40-34-32-30-22-20-18-16-14-12-10-8-2)72-96-100(88,89)94-68-76(83)69-95-101(90,91)97-73-78(99-82(87)67-61-55-49-43-37-39-45-51-57-63-75(5)6)71-93-80(85)65-59-53-47-42-36-38-44-50-56-62-74(3)4/h18,20,22,30,74-78,83H,7-17,19,21,23-29,31-73H2,1-6H3,(H,88,89)(H,90,91)/b20-18-,30-22-/t76-,77-,78-/m1/s1. The molecular formula is C82H156O17P2. The van der Waals surface area contributed by atoms with E-state index in [1.54, 1.807) is 0 Å². The molecule has 0 amide bonds. The molecule has 5 atom stereocenters. The summed E-state index contributed by atoms with van der Waals surface area (Å²) in [5.41, 5.74) is 0. The van der Waals surface area contributed by atoms with Gasteiger partial charge in [0, 0.05) is 25.7 Å². The van der Waals surface area contributed by atoms with E-state index in [2.05, 4.69) is 65.8 Å². The van der Waals surface area contributed by atoms with Gasteiger partial charge in [0.05, 0.1) is 26.4 Å². The Morgan fingerprint density at radius 2 is 0.535 bits per heavy atom. The molecule has 19 heteroatoms. The summed E-state index contributed by atoms with van der Waals surface area (Å²) in [7, 11) is -9.93. The lowest BCUT2D eigenvalue weighted by Gasteiger charge is -2.21. The smallest absolute Gasteiger partial charge is 0.462 e. The van der Waals surface area contributed by atoms with Crippen molar-refractivity contribution < 1.29 is 80.2 Å². The van der Waals surface area contributed by atoms with Crippen LogP contribution in [-0.2, 0) is 65.4 Å². The molecule has 0 heterocycles. The number of carbonyl (C=O) groups excluding carboxylic acids is 4. The highest BCUT2D eigenvalue weighted by Gasteiger charge is 2.30. The van der Waals surface area contributed by atoms with E-state index in [0.29, 0.717) is 25.7 Å². The average Bonchev–Trinajstić information content (AvgIpc) is 0.968. The largest absolute Gasteiger partial charge is 0.472 e. The molecule has 0 saturated heterocycles. The maximum absolute atomic E-state index is 13.1. The number of allylic oxidation sites excluding steroid dienone is 4. The zero-order valence-electron chi connectivity index (χ0n) is 65.7. The Hall–Kier alpha value is -2.46. The van der Waals surface area contributed by atoms with E-state index in [4.69, 9.17) is 37.0 Å².